The Morgan fingerprint density at radius 2 is 2.14 bits per heavy atom. The lowest BCUT2D eigenvalue weighted by molar-refractivity contribution is -0.123. The first-order valence-electron chi connectivity index (χ1n) is 9.64. The molecular formula is C22H24N2O4. The fraction of sp³-hybridized carbons (Fsp3) is 0.409. The molecule has 3 atom stereocenters. The van der Waals surface area contributed by atoms with E-state index in [-0.39, 0.29) is 17.2 Å². The Hall–Kier alpha value is -2.89. The molecule has 0 bridgehead atoms. The molecule has 0 saturated heterocycles. The van der Waals surface area contributed by atoms with Gasteiger partial charge in [0.05, 0.1) is 18.9 Å². The van der Waals surface area contributed by atoms with Crippen molar-refractivity contribution in [3.05, 3.63) is 47.7 Å². The molecule has 2 aromatic rings. The third-order valence-corrected chi connectivity index (χ3v) is 6.18. The summed E-state index contributed by atoms with van der Waals surface area (Å²) >= 11 is 0. The molecule has 2 fully saturated rings. The molecule has 2 saturated carbocycles. The minimum Gasteiger partial charge on any atom is -0.465 e. The summed E-state index contributed by atoms with van der Waals surface area (Å²) in [4.78, 5) is 24.1. The average molecular weight is 380 g/mol. The van der Waals surface area contributed by atoms with Gasteiger partial charge in [0.25, 0.3) is 0 Å². The van der Waals surface area contributed by atoms with Gasteiger partial charge in [-0.1, -0.05) is 31.9 Å². The van der Waals surface area contributed by atoms with Gasteiger partial charge in [0.2, 0.25) is 5.91 Å². The molecule has 0 unspecified atom stereocenters. The molecule has 2 aliphatic carbocycles. The highest BCUT2D eigenvalue weighted by Crippen LogP contribution is 2.66. The second-order valence-corrected chi connectivity index (χ2v) is 7.84. The molecule has 28 heavy (non-hydrogen) atoms. The maximum absolute atomic E-state index is 12.4. The van der Waals surface area contributed by atoms with Gasteiger partial charge in [-0.2, -0.15) is 5.10 Å². The molecule has 1 N–H and O–H groups in total. The summed E-state index contributed by atoms with van der Waals surface area (Å²) in [7, 11) is 1.35. The van der Waals surface area contributed by atoms with E-state index in [0.29, 0.717) is 23.0 Å². The molecule has 2 aliphatic rings. The number of furan rings is 1. The van der Waals surface area contributed by atoms with Crippen LogP contribution in [0.5, 0.6) is 0 Å². The zero-order chi connectivity index (χ0) is 19.7. The first-order chi connectivity index (χ1) is 13.5. The van der Waals surface area contributed by atoms with Crippen molar-refractivity contribution in [2.24, 2.45) is 22.4 Å². The van der Waals surface area contributed by atoms with E-state index in [1.54, 1.807) is 30.3 Å². The molecule has 4 rings (SSSR count). The number of hydrogen-bond donors (Lipinski definition) is 1. The second kappa shape index (κ2) is 7.26. The van der Waals surface area contributed by atoms with Crippen molar-refractivity contribution in [1.29, 1.82) is 0 Å². The van der Waals surface area contributed by atoms with Gasteiger partial charge >= 0.3 is 5.97 Å². The summed E-state index contributed by atoms with van der Waals surface area (Å²) in [6.45, 7) is 2.21. The number of fused-ring (bicyclic) bond motifs is 1. The number of ether oxygens (including phenoxy) is 1. The number of benzene rings is 1. The molecule has 6 heteroatoms. The molecule has 0 spiro atoms. The van der Waals surface area contributed by atoms with Crippen LogP contribution in [0.4, 0.5) is 0 Å². The number of carbonyl (C=O) groups excluding carboxylic acids is 2. The standard InChI is InChI=1S/C22H24N2O4/c1-22-11-4-3-8-17(22)19(22)20(25)24-23-13-16-9-10-18(28-16)14-6-5-7-15(12-14)21(26)27-2/h5-7,9-10,12-13,17,19H,3-4,8,11H2,1-2H3,(H,24,25)/b23-13-/t17-,19+,22+/m1/s1. The number of nitrogens with zero attached hydrogens (tertiary/aromatic N) is 1. The Bertz CT molecular complexity index is 932. The van der Waals surface area contributed by atoms with Crippen molar-refractivity contribution in [3.63, 3.8) is 0 Å². The lowest BCUT2D eigenvalue weighted by atomic mass is 9.90. The summed E-state index contributed by atoms with van der Waals surface area (Å²) in [5.41, 5.74) is 4.05. The van der Waals surface area contributed by atoms with E-state index in [9.17, 15) is 9.59 Å². The van der Waals surface area contributed by atoms with Crippen LogP contribution in [0.15, 0.2) is 45.9 Å². The van der Waals surface area contributed by atoms with Gasteiger partial charge in [0.1, 0.15) is 11.5 Å². The van der Waals surface area contributed by atoms with E-state index in [2.05, 4.69) is 17.5 Å². The molecular weight excluding hydrogens is 356 g/mol. The summed E-state index contributed by atoms with van der Waals surface area (Å²) in [5.74, 6) is 1.34. The van der Waals surface area contributed by atoms with Crippen molar-refractivity contribution in [2.45, 2.75) is 32.6 Å². The van der Waals surface area contributed by atoms with Gasteiger partial charge in [-0.25, -0.2) is 10.2 Å². The van der Waals surface area contributed by atoms with Gasteiger partial charge in [0, 0.05) is 11.5 Å². The Balaban J connectivity index is 1.39. The molecule has 1 aromatic heterocycles. The van der Waals surface area contributed by atoms with Gasteiger partial charge in [-0.15, -0.1) is 0 Å². The van der Waals surface area contributed by atoms with Crippen LogP contribution in [0, 0.1) is 17.3 Å². The molecule has 1 heterocycles. The fourth-order valence-corrected chi connectivity index (χ4v) is 4.57. The Morgan fingerprint density at radius 1 is 1.29 bits per heavy atom. The predicted molar refractivity (Wildman–Crippen MR) is 105 cm³/mol. The second-order valence-electron chi connectivity index (χ2n) is 7.84. The third kappa shape index (κ3) is 3.35. The minimum atomic E-state index is -0.396. The molecule has 1 amide bonds. The normalized spacial score (nSPS) is 25.9. The number of carbonyl (C=O) groups is 2. The number of esters is 1. The quantitative estimate of drug-likeness (QED) is 0.483. The van der Waals surface area contributed by atoms with Crippen LogP contribution >= 0.6 is 0 Å². The van der Waals surface area contributed by atoms with Crippen LogP contribution < -0.4 is 5.43 Å². The minimum absolute atomic E-state index is 0.00297. The van der Waals surface area contributed by atoms with Crippen molar-refractivity contribution >= 4 is 18.1 Å². The first kappa shape index (κ1) is 18.5. The number of methoxy groups -OCH3 is 1. The monoisotopic (exact) mass is 380 g/mol. The third-order valence-electron chi connectivity index (χ3n) is 6.18. The van der Waals surface area contributed by atoms with Gasteiger partial charge in [-0.3, -0.25) is 4.79 Å². The Morgan fingerprint density at radius 3 is 2.89 bits per heavy atom. The van der Waals surface area contributed by atoms with E-state index >= 15 is 0 Å². The van der Waals surface area contributed by atoms with Crippen LogP contribution in [0.25, 0.3) is 11.3 Å². The van der Waals surface area contributed by atoms with E-state index in [4.69, 9.17) is 9.15 Å². The van der Waals surface area contributed by atoms with E-state index in [0.717, 1.165) is 18.4 Å². The topological polar surface area (TPSA) is 80.9 Å². The first-order valence-corrected chi connectivity index (χ1v) is 9.64. The highest BCUT2D eigenvalue weighted by atomic mass is 16.5. The Labute approximate surface area is 164 Å². The van der Waals surface area contributed by atoms with Crippen molar-refractivity contribution in [2.75, 3.05) is 7.11 Å². The van der Waals surface area contributed by atoms with Crippen molar-refractivity contribution < 1.29 is 18.7 Å². The molecule has 0 aliphatic heterocycles. The highest BCUT2D eigenvalue weighted by molar-refractivity contribution is 5.91. The van der Waals surface area contributed by atoms with Gasteiger partial charge in [0.15, 0.2) is 0 Å². The van der Waals surface area contributed by atoms with E-state index in [1.165, 1.54) is 26.2 Å². The number of hydrogen-bond acceptors (Lipinski definition) is 5. The largest absolute Gasteiger partial charge is 0.465 e. The van der Waals surface area contributed by atoms with Crippen LogP contribution in [-0.2, 0) is 9.53 Å². The van der Waals surface area contributed by atoms with Crippen LogP contribution in [0.3, 0.4) is 0 Å². The number of rotatable bonds is 5. The smallest absolute Gasteiger partial charge is 0.337 e. The van der Waals surface area contributed by atoms with E-state index < -0.39 is 5.97 Å². The van der Waals surface area contributed by atoms with Gasteiger partial charge < -0.3 is 9.15 Å². The van der Waals surface area contributed by atoms with E-state index in [1.807, 2.05) is 6.07 Å². The molecule has 6 nitrogen and oxygen atoms in total. The number of nitrogens with one attached hydrogen (secondary N) is 1. The molecule has 146 valence electrons. The summed E-state index contributed by atoms with van der Waals surface area (Å²) in [6, 6.07) is 10.6. The highest BCUT2D eigenvalue weighted by Gasteiger charge is 2.64. The van der Waals surface area contributed by atoms with Crippen molar-refractivity contribution in [1.82, 2.24) is 5.43 Å². The predicted octanol–water partition coefficient (Wildman–Crippen LogP) is 4.01. The number of amides is 1. The zero-order valence-corrected chi connectivity index (χ0v) is 16.1. The lowest BCUT2D eigenvalue weighted by Crippen LogP contribution is -2.22. The zero-order valence-electron chi connectivity index (χ0n) is 16.1. The molecule has 1 aromatic carbocycles. The maximum atomic E-state index is 12.4. The van der Waals surface area contributed by atoms with Crippen LogP contribution in [0.2, 0.25) is 0 Å². The lowest BCUT2D eigenvalue weighted by Gasteiger charge is -2.15. The summed E-state index contributed by atoms with van der Waals surface area (Å²) in [6.07, 6.45) is 6.21. The maximum Gasteiger partial charge on any atom is 0.337 e. The molecule has 0 radical (unpaired) electrons. The SMILES string of the molecule is COC(=O)c1cccc(-c2ccc(/C=N\NC(=O)[C@@H]3[C@H]4CCCC[C@@]43C)o2)c1. The average Bonchev–Trinajstić information content (AvgIpc) is 3.07. The van der Waals surface area contributed by atoms with Gasteiger partial charge in [-0.05, 0) is 48.4 Å². The Kier molecular flexibility index (Phi) is 4.79. The summed E-state index contributed by atoms with van der Waals surface area (Å²) in [5, 5.41) is 4.07. The van der Waals surface area contributed by atoms with Crippen LogP contribution in [-0.4, -0.2) is 25.2 Å². The number of hydrazone groups is 1. The van der Waals surface area contributed by atoms with Crippen LogP contribution in [0.1, 0.15) is 48.7 Å². The van der Waals surface area contributed by atoms with Crippen molar-refractivity contribution in [3.8, 4) is 11.3 Å². The fourth-order valence-electron chi connectivity index (χ4n) is 4.57. The summed E-state index contributed by atoms with van der Waals surface area (Å²) < 4.78 is 10.5.